The van der Waals surface area contributed by atoms with Crippen LogP contribution >= 0.6 is 0 Å². The van der Waals surface area contributed by atoms with Crippen LogP contribution in [-0.4, -0.2) is 67.3 Å². The van der Waals surface area contributed by atoms with Crippen molar-refractivity contribution in [2.24, 2.45) is 0 Å². The van der Waals surface area contributed by atoms with Crippen LogP contribution in [0.5, 0.6) is 11.5 Å². The predicted molar refractivity (Wildman–Crippen MR) is 134 cm³/mol. The van der Waals surface area contributed by atoms with Gasteiger partial charge in [0.05, 0.1) is 26.5 Å². The molecule has 1 aliphatic carbocycles. The topological polar surface area (TPSA) is 83.1 Å². The monoisotopic (exact) mass is 486 g/mol. The molecular formula is C25H35FN6O3. The quantitative estimate of drug-likeness (QED) is 0.449. The molecule has 1 aromatic carbocycles. The first kappa shape index (κ1) is 25.0. The zero-order valence-electron chi connectivity index (χ0n) is 21.0. The fourth-order valence-corrected chi connectivity index (χ4v) is 4.33. The number of carbonyl (C=O) groups is 1. The van der Waals surface area contributed by atoms with E-state index in [1.54, 1.807) is 11.1 Å². The lowest BCUT2D eigenvalue weighted by molar-refractivity contribution is 0.249. The number of hydrogen-bond donors (Lipinski definition) is 1. The van der Waals surface area contributed by atoms with Crippen molar-refractivity contribution in [1.29, 1.82) is 0 Å². The van der Waals surface area contributed by atoms with E-state index in [2.05, 4.69) is 29.0 Å². The van der Waals surface area contributed by atoms with Crippen molar-refractivity contribution >= 4 is 23.5 Å². The van der Waals surface area contributed by atoms with Crippen LogP contribution in [0.1, 0.15) is 45.1 Å². The molecular weight excluding hydrogens is 451 g/mol. The standard InChI is InChI=1S/C25H35FN6O3/c1-5-30(6-2)12-8-7-11-27-24-28-15-17-16-31(25(33)32(18-9-10-18)23(17)29-24)20-13-19(34-3)14-21(35-4)22(20)26/h13-15,18H,5-12,16H2,1-4H3,(H,27,28,29). The number of benzene rings is 1. The second kappa shape index (κ2) is 11.1. The number of anilines is 3. The Hall–Kier alpha value is -3.14. The summed E-state index contributed by atoms with van der Waals surface area (Å²) in [5.74, 6) is 0.932. The minimum Gasteiger partial charge on any atom is -0.497 e. The lowest BCUT2D eigenvalue weighted by Gasteiger charge is -2.36. The van der Waals surface area contributed by atoms with Gasteiger partial charge in [0, 0.05) is 36.5 Å². The van der Waals surface area contributed by atoms with Crippen molar-refractivity contribution in [3.63, 3.8) is 0 Å². The minimum atomic E-state index is -0.607. The average Bonchev–Trinajstić information content (AvgIpc) is 3.71. The Bertz CT molecular complexity index is 1040. The number of ether oxygens (including phenoxy) is 2. The average molecular weight is 487 g/mol. The zero-order chi connectivity index (χ0) is 24.9. The van der Waals surface area contributed by atoms with E-state index in [-0.39, 0.29) is 30.1 Å². The lowest BCUT2D eigenvalue weighted by atomic mass is 10.1. The first-order chi connectivity index (χ1) is 17.0. The van der Waals surface area contributed by atoms with Crippen LogP contribution in [0, 0.1) is 5.82 Å². The van der Waals surface area contributed by atoms with Crippen molar-refractivity contribution in [2.45, 2.75) is 52.1 Å². The number of nitrogens with zero attached hydrogens (tertiary/aromatic N) is 5. The number of methoxy groups -OCH3 is 2. The van der Waals surface area contributed by atoms with Gasteiger partial charge in [0.1, 0.15) is 11.6 Å². The van der Waals surface area contributed by atoms with E-state index in [1.807, 2.05) is 0 Å². The first-order valence-electron chi connectivity index (χ1n) is 12.3. The molecule has 1 saturated carbocycles. The van der Waals surface area contributed by atoms with Gasteiger partial charge in [0.25, 0.3) is 0 Å². The number of amides is 2. The van der Waals surface area contributed by atoms with Crippen molar-refractivity contribution in [3.05, 3.63) is 29.7 Å². The summed E-state index contributed by atoms with van der Waals surface area (Å²) in [4.78, 5) is 28.2. The summed E-state index contributed by atoms with van der Waals surface area (Å²) >= 11 is 0. The molecule has 0 radical (unpaired) electrons. The van der Waals surface area contributed by atoms with Crippen LogP contribution in [0.15, 0.2) is 18.3 Å². The molecule has 2 aromatic rings. The smallest absolute Gasteiger partial charge is 0.330 e. The number of halogens is 1. The van der Waals surface area contributed by atoms with Gasteiger partial charge in [-0.2, -0.15) is 4.98 Å². The highest BCUT2D eigenvalue weighted by atomic mass is 19.1. The number of urea groups is 1. The molecule has 2 heterocycles. The summed E-state index contributed by atoms with van der Waals surface area (Å²) in [6, 6.07) is 2.72. The molecule has 2 amide bonds. The van der Waals surface area contributed by atoms with Crippen molar-refractivity contribution in [1.82, 2.24) is 14.9 Å². The molecule has 0 saturated heterocycles. The maximum absolute atomic E-state index is 15.2. The molecule has 35 heavy (non-hydrogen) atoms. The van der Waals surface area contributed by atoms with Gasteiger partial charge in [-0.05, 0) is 45.3 Å². The summed E-state index contributed by atoms with van der Waals surface area (Å²) in [7, 11) is 2.88. The SMILES string of the molecule is CCN(CC)CCCCNc1ncc2c(n1)N(C1CC1)C(=O)N(c1cc(OC)cc(OC)c1F)C2. The van der Waals surface area contributed by atoms with E-state index in [9.17, 15) is 4.79 Å². The molecule has 10 heteroatoms. The van der Waals surface area contributed by atoms with E-state index >= 15 is 4.39 Å². The molecule has 4 rings (SSSR count). The van der Waals surface area contributed by atoms with E-state index < -0.39 is 5.82 Å². The van der Waals surface area contributed by atoms with Gasteiger partial charge >= 0.3 is 6.03 Å². The highest BCUT2D eigenvalue weighted by Crippen LogP contribution is 2.41. The van der Waals surface area contributed by atoms with Crippen molar-refractivity contribution in [3.8, 4) is 11.5 Å². The van der Waals surface area contributed by atoms with Gasteiger partial charge in [0.15, 0.2) is 11.6 Å². The molecule has 0 atom stereocenters. The van der Waals surface area contributed by atoms with Gasteiger partial charge in [-0.15, -0.1) is 0 Å². The predicted octanol–water partition coefficient (Wildman–Crippen LogP) is 4.28. The van der Waals surface area contributed by atoms with Gasteiger partial charge in [-0.1, -0.05) is 13.8 Å². The molecule has 1 aliphatic heterocycles. The molecule has 1 N–H and O–H groups in total. The summed E-state index contributed by atoms with van der Waals surface area (Å²) in [5.41, 5.74) is 0.877. The van der Waals surface area contributed by atoms with Crippen LogP contribution in [0.3, 0.4) is 0 Å². The largest absolute Gasteiger partial charge is 0.497 e. The minimum absolute atomic E-state index is 0.0210. The second-order valence-electron chi connectivity index (χ2n) is 8.84. The Morgan fingerprint density at radius 3 is 2.60 bits per heavy atom. The molecule has 1 fully saturated rings. The summed E-state index contributed by atoms with van der Waals surface area (Å²) < 4.78 is 25.7. The number of fused-ring (bicyclic) bond motifs is 1. The highest BCUT2D eigenvalue weighted by molar-refractivity contribution is 6.06. The van der Waals surface area contributed by atoms with E-state index in [1.165, 1.54) is 31.3 Å². The third kappa shape index (κ3) is 5.42. The molecule has 2 aliphatic rings. The van der Waals surface area contributed by atoms with Crippen LogP contribution < -0.4 is 24.6 Å². The summed E-state index contributed by atoms with van der Waals surface area (Å²) in [5, 5.41) is 3.30. The Morgan fingerprint density at radius 2 is 1.94 bits per heavy atom. The maximum Gasteiger partial charge on any atom is 0.330 e. The maximum atomic E-state index is 15.2. The Morgan fingerprint density at radius 1 is 1.17 bits per heavy atom. The van der Waals surface area contributed by atoms with Gasteiger partial charge in [-0.3, -0.25) is 9.80 Å². The number of hydrogen-bond acceptors (Lipinski definition) is 7. The molecule has 1 aromatic heterocycles. The highest BCUT2D eigenvalue weighted by Gasteiger charge is 2.43. The second-order valence-corrected chi connectivity index (χ2v) is 8.84. The zero-order valence-corrected chi connectivity index (χ0v) is 21.0. The Kier molecular flexibility index (Phi) is 7.90. The Labute approximate surface area is 206 Å². The lowest BCUT2D eigenvalue weighted by Crippen LogP contribution is -2.49. The molecule has 9 nitrogen and oxygen atoms in total. The van der Waals surface area contributed by atoms with Gasteiger partial charge in [0.2, 0.25) is 5.95 Å². The normalized spacial score (nSPS) is 15.4. The fraction of sp³-hybridized carbons (Fsp3) is 0.560. The number of nitrogens with one attached hydrogen (secondary N) is 1. The van der Waals surface area contributed by atoms with Crippen LogP contribution in [0.4, 0.5) is 26.6 Å². The van der Waals surface area contributed by atoms with Crippen LogP contribution in [0.25, 0.3) is 0 Å². The molecule has 0 bridgehead atoms. The van der Waals surface area contributed by atoms with Crippen LogP contribution in [0.2, 0.25) is 0 Å². The van der Waals surface area contributed by atoms with Crippen LogP contribution in [-0.2, 0) is 6.54 Å². The fourth-order valence-electron chi connectivity index (χ4n) is 4.33. The summed E-state index contributed by atoms with van der Waals surface area (Å²) in [6.07, 6.45) is 5.61. The third-order valence-corrected chi connectivity index (χ3v) is 6.57. The first-order valence-corrected chi connectivity index (χ1v) is 12.3. The van der Waals surface area contributed by atoms with Gasteiger partial charge < -0.3 is 19.7 Å². The number of unbranched alkanes of at least 4 members (excludes halogenated alkanes) is 1. The third-order valence-electron chi connectivity index (χ3n) is 6.57. The van der Waals surface area contributed by atoms with Crippen molar-refractivity contribution in [2.75, 3.05) is 55.5 Å². The molecule has 0 spiro atoms. The number of carbonyl (C=O) groups excluding carboxylic acids is 1. The number of rotatable bonds is 12. The summed E-state index contributed by atoms with van der Waals surface area (Å²) in [6.45, 7) is 8.48. The van der Waals surface area contributed by atoms with E-state index in [0.29, 0.717) is 17.5 Å². The van der Waals surface area contributed by atoms with Gasteiger partial charge in [-0.25, -0.2) is 14.2 Å². The Balaban J connectivity index is 1.53. The molecule has 0 unspecified atom stereocenters. The van der Waals surface area contributed by atoms with E-state index in [0.717, 1.165) is 57.4 Å². The van der Waals surface area contributed by atoms with E-state index in [4.69, 9.17) is 14.5 Å². The molecule has 190 valence electrons. The number of aromatic nitrogens is 2. The van der Waals surface area contributed by atoms with Crippen molar-refractivity contribution < 1.29 is 18.7 Å².